The number of nitrogens with zero attached hydrogens (tertiary/aromatic N) is 3. The third-order valence-corrected chi connectivity index (χ3v) is 5.36. The van der Waals surface area contributed by atoms with Gasteiger partial charge in [-0.3, -0.25) is 10.00 Å². The first kappa shape index (κ1) is 13.6. The first-order valence-corrected chi connectivity index (χ1v) is 8.45. The first-order chi connectivity index (χ1) is 10.2. The van der Waals surface area contributed by atoms with Crippen LogP contribution in [0.3, 0.4) is 0 Å². The van der Waals surface area contributed by atoms with Crippen molar-refractivity contribution in [3.63, 3.8) is 0 Å². The molecule has 1 atom stereocenters. The molecule has 1 saturated carbocycles. The fourth-order valence-corrected chi connectivity index (χ4v) is 3.77. The summed E-state index contributed by atoms with van der Waals surface area (Å²) in [5.41, 5.74) is 1.82. The van der Waals surface area contributed by atoms with Crippen molar-refractivity contribution < 1.29 is 0 Å². The minimum absolute atomic E-state index is 0.480. The maximum Gasteiger partial charge on any atom is 0.150 e. The molecular formula is C16H27N5. The van der Waals surface area contributed by atoms with Gasteiger partial charge in [-0.15, -0.1) is 0 Å². The van der Waals surface area contributed by atoms with Crippen molar-refractivity contribution >= 4 is 5.82 Å². The monoisotopic (exact) mass is 289 g/mol. The van der Waals surface area contributed by atoms with E-state index in [1.165, 1.54) is 57.7 Å². The van der Waals surface area contributed by atoms with E-state index in [-0.39, 0.29) is 0 Å². The fourth-order valence-electron chi connectivity index (χ4n) is 3.77. The molecule has 2 saturated heterocycles. The molecule has 3 fully saturated rings. The van der Waals surface area contributed by atoms with E-state index >= 15 is 0 Å². The molecule has 1 aromatic rings. The molecule has 5 heteroatoms. The summed E-state index contributed by atoms with van der Waals surface area (Å²) in [6, 6.07) is 2.27. The molecule has 0 bridgehead atoms. The Kier molecular flexibility index (Phi) is 3.42. The second kappa shape index (κ2) is 5.29. The molecule has 1 unspecified atom stereocenters. The molecule has 4 rings (SSSR count). The molecule has 0 radical (unpaired) electrons. The van der Waals surface area contributed by atoms with Gasteiger partial charge < -0.3 is 10.2 Å². The average molecular weight is 289 g/mol. The highest BCUT2D eigenvalue weighted by Crippen LogP contribution is 2.39. The Hall–Kier alpha value is -1.07. The maximum absolute atomic E-state index is 4.52. The lowest BCUT2D eigenvalue weighted by Gasteiger charge is -2.38. The lowest BCUT2D eigenvalue weighted by atomic mass is 9.89. The Bertz CT molecular complexity index is 479. The highest BCUT2D eigenvalue weighted by molar-refractivity contribution is 5.41. The molecule has 21 heavy (non-hydrogen) atoms. The van der Waals surface area contributed by atoms with Gasteiger partial charge in [-0.05, 0) is 31.2 Å². The topological polar surface area (TPSA) is 47.2 Å². The molecule has 5 nitrogen and oxygen atoms in total. The van der Waals surface area contributed by atoms with Gasteiger partial charge in [0.15, 0.2) is 5.82 Å². The van der Waals surface area contributed by atoms with Crippen LogP contribution in [-0.2, 0) is 0 Å². The Labute approximate surface area is 127 Å². The summed E-state index contributed by atoms with van der Waals surface area (Å²) >= 11 is 0. The van der Waals surface area contributed by atoms with Crippen LogP contribution < -0.4 is 10.2 Å². The lowest BCUT2D eigenvalue weighted by molar-refractivity contribution is 0.169. The molecule has 2 aliphatic heterocycles. The van der Waals surface area contributed by atoms with Crippen LogP contribution in [0.4, 0.5) is 5.82 Å². The highest BCUT2D eigenvalue weighted by atomic mass is 15.3. The second-order valence-electron chi connectivity index (χ2n) is 7.46. The third kappa shape index (κ3) is 2.94. The predicted octanol–water partition coefficient (Wildman–Crippen LogP) is 1.41. The van der Waals surface area contributed by atoms with Crippen molar-refractivity contribution in [3.05, 3.63) is 11.8 Å². The third-order valence-electron chi connectivity index (χ3n) is 5.36. The molecule has 3 aliphatic rings. The van der Waals surface area contributed by atoms with Gasteiger partial charge in [-0.2, -0.15) is 5.10 Å². The summed E-state index contributed by atoms with van der Waals surface area (Å²) in [5, 5.41) is 11.2. The zero-order valence-corrected chi connectivity index (χ0v) is 13.1. The maximum atomic E-state index is 4.52. The fraction of sp³-hybridized carbons (Fsp3) is 0.812. The average Bonchev–Trinajstić information content (AvgIpc) is 3.06. The van der Waals surface area contributed by atoms with Crippen molar-refractivity contribution in [1.29, 1.82) is 0 Å². The Morgan fingerprint density at radius 3 is 2.76 bits per heavy atom. The Morgan fingerprint density at radius 1 is 1.29 bits per heavy atom. The summed E-state index contributed by atoms with van der Waals surface area (Å²) in [6.07, 6.45) is 3.99. The smallest absolute Gasteiger partial charge is 0.150 e. The van der Waals surface area contributed by atoms with E-state index in [1.807, 2.05) is 0 Å². The SMILES string of the molecule is CC1(CN2CCN(c3cc(C4CC4)[nH]n3)CC2)CCNC1. The molecule has 1 aliphatic carbocycles. The summed E-state index contributed by atoms with van der Waals surface area (Å²) in [7, 11) is 0. The van der Waals surface area contributed by atoms with E-state index in [9.17, 15) is 0 Å². The van der Waals surface area contributed by atoms with Gasteiger partial charge in [-0.25, -0.2) is 0 Å². The van der Waals surface area contributed by atoms with Gasteiger partial charge in [-0.1, -0.05) is 6.92 Å². The molecule has 0 amide bonds. The van der Waals surface area contributed by atoms with Crippen LogP contribution in [-0.4, -0.2) is 60.9 Å². The summed E-state index contributed by atoms with van der Waals surface area (Å²) < 4.78 is 0. The van der Waals surface area contributed by atoms with Crippen molar-refractivity contribution in [1.82, 2.24) is 20.4 Å². The van der Waals surface area contributed by atoms with Crippen LogP contribution in [0, 0.1) is 5.41 Å². The molecule has 2 N–H and O–H groups in total. The first-order valence-electron chi connectivity index (χ1n) is 8.45. The van der Waals surface area contributed by atoms with Crippen molar-refractivity contribution in [2.45, 2.75) is 32.1 Å². The van der Waals surface area contributed by atoms with Crippen molar-refractivity contribution in [2.24, 2.45) is 5.41 Å². The zero-order valence-electron chi connectivity index (χ0n) is 13.1. The molecular weight excluding hydrogens is 262 g/mol. The molecule has 3 heterocycles. The van der Waals surface area contributed by atoms with Crippen LogP contribution >= 0.6 is 0 Å². The largest absolute Gasteiger partial charge is 0.353 e. The van der Waals surface area contributed by atoms with E-state index in [1.54, 1.807) is 0 Å². The van der Waals surface area contributed by atoms with Crippen LogP contribution in [0.5, 0.6) is 0 Å². The van der Waals surface area contributed by atoms with Crippen LogP contribution in [0.1, 0.15) is 37.8 Å². The Balaban J connectivity index is 1.31. The number of aromatic nitrogens is 2. The Morgan fingerprint density at radius 2 is 2.10 bits per heavy atom. The van der Waals surface area contributed by atoms with Gasteiger partial charge in [0, 0.05) is 56.9 Å². The molecule has 1 aromatic heterocycles. The number of aromatic amines is 1. The standard InChI is InChI=1S/C16H27N5/c1-16(4-5-17-11-16)12-20-6-8-21(9-7-20)15-10-14(18-19-15)13-2-3-13/h10,13,17H,2-9,11-12H2,1H3,(H,18,19). The van der Waals surface area contributed by atoms with Crippen LogP contribution in [0.2, 0.25) is 0 Å². The predicted molar refractivity (Wildman–Crippen MR) is 84.8 cm³/mol. The van der Waals surface area contributed by atoms with Gasteiger partial charge >= 0.3 is 0 Å². The number of hydrogen-bond acceptors (Lipinski definition) is 4. The summed E-state index contributed by atoms with van der Waals surface area (Å²) in [5.74, 6) is 1.92. The number of anilines is 1. The van der Waals surface area contributed by atoms with Gasteiger partial charge in [0.1, 0.15) is 0 Å². The minimum Gasteiger partial charge on any atom is -0.353 e. The number of H-pyrrole nitrogens is 1. The quantitative estimate of drug-likeness (QED) is 0.880. The normalized spacial score (nSPS) is 31.0. The van der Waals surface area contributed by atoms with E-state index in [2.05, 4.69) is 38.3 Å². The number of nitrogens with one attached hydrogen (secondary N) is 2. The van der Waals surface area contributed by atoms with Crippen molar-refractivity contribution in [3.8, 4) is 0 Å². The highest BCUT2D eigenvalue weighted by Gasteiger charge is 2.32. The van der Waals surface area contributed by atoms with Crippen LogP contribution in [0.15, 0.2) is 6.07 Å². The molecule has 116 valence electrons. The van der Waals surface area contributed by atoms with Gasteiger partial charge in [0.05, 0.1) is 0 Å². The van der Waals surface area contributed by atoms with E-state index < -0.39 is 0 Å². The lowest BCUT2D eigenvalue weighted by Crippen LogP contribution is -2.50. The van der Waals surface area contributed by atoms with E-state index in [4.69, 9.17) is 0 Å². The number of piperazine rings is 1. The molecule has 0 aromatic carbocycles. The van der Waals surface area contributed by atoms with Gasteiger partial charge in [0.25, 0.3) is 0 Å². The summed E-state index contributed by atoms with van der Waals surface area (Å²) in [4.78, 5) is 5.08. The van der Waals surface area contributed by atoms with E-state index in [0.29, 0.717) is 5.41 Å². The zero-order chi connectivity index (χ0) is 14.3. The number of rotatable bonds is 4. The minimum atomic E-state index is 0.480. The van der Waals surface area contributed by atoms with E-state index in [0.717, 1.165) is 24.8 Å². The van der Waals surface area contributed by atoms with Crippen molar-refractivity contribution in [2.75, 3.05) is 50.7 Å². The second-order valence-corrected chi connectivity index (χ2v) is 7.46. The van der Waals surface area contributed by atoms with Gasteiger partial charge in [0.2, 0.25) is 0 Å². The number of hydrogen-bond donors (Lipinski definition) is 2. The summed E-state index contributed by atoms with van der Waals surface area (Å²) in [6.45, 7) is 10.6. The van der Waals surface area contributed by atoms with Crippen LogP contribution in [0.25, 0.3) is 0 Å². The molecule has 0 spiro atoms.